The van der Waals surface area contributed by atoms with E-state index in [0.29, 0.717) is 0 Å². The van der Waals surface area contributed by atoms with Crippen molar-refractivity contribution in [1.82, 2.24) is 10.2 Å². The number of urea groups is 1. The second kappa shape index (κ2) is 6.78. The van der Waals surface area contributed by atoms with Gasteiger partial charge in [0.2, 0.25) is 0 Å². The van der Waals surface area contributed by atoms with Crippen LogP contribution in [-0.4, -0.2) is 40.1 Å². The minimum Gasteiger partial charge on any atom is -0.481 e. The molecular weight excluding hydrogens is 244 g/mol. The van der Waals surface area contributed by atoms with E-state index in [1.807, 2.05) is 18.7 Å². The number of hydrogen-bond acceptors (Lipinski definition) is 2. The van der Waals surface area contributed by atoms with Gasteiger partial charge in [0.05, 0.1) is 6.42 Å². The van der Waals surface area contributed by atoms with Crippen molar-refractivity contribution in [2.45, 2.75) is 71.5 Å². The van der Waals surface area contributed by atoms with Crippen molar-refractivity contribution < 1.29 is 14.7 Å². The SMILES string of the molecule is CCC1CCC(C)N1C(=O)NC(CC(=O)O)C(C)C. The molecule has 1 fully saturated rings. The molecule has 1 saturated heterocycles. The molecule has 0 radical (unpaired) electrons. The highest BCUT2D eigenvalue weighted by Crippen LogP contribution is 2.26. The average molecular weight is 270 g/mol. The fourth-order valence-corrected chi connectivity index (χ4v) is 2.71. The van der Waals surface area contributed by atoms with Crippen LogP contribution in [-0.2, 0) is 4.79 Å². The number of nitrogens with zero attached hydrogens (tertiary/aromatic N) is 1. The maximum atomic E-state index is 12.3. The van der Waals surface area contributed by atoms with Crippen LogP contribution in [0, 0.1) is 5.92 Å². The van der Waals surface area contributed by atoms with Crippen LogP contribution in [0.25, 0.3) is 0 Å². The van der Waals surface area contributed by atoms with Gasteiger partial charge in [0.15, 0.2) is 0 Å². The number of rotatable bonds is 5. The van der Waals surface area contributed by atoms with E-state index in [9.17, 15) is 9.59 Å². The molecule has 1 aliphatic rings. The van der Waals surface area contributed by atoms with E-state index in [1.54, 1.807) is 0 Å². The summed E-state index contributed by atoms with van der Waals surface area (Å²) < 4.78 is 0. The normalized spacial score (nSPS) is 24.6. The van der Waals surface area contributed by atoms with E-state index in [-0.39, 0.29) is 36.5 Å². The van der Waals surface area contributed by atoms with E-state index in [1.165, 1.54) is 0 Å². The molecular formula is C14H26N2O3. The van der Waals surface area contributed by atoms with Gasteiger partial charge < -0.3 is 15.3 Å². The Labute approximate surface area is 115 Å². The first-order valence-corrected chi connectivity index (χ1v) is 7.17. The quantitative estimate of drug-likeness (QED) is 0.806. The number of aliphatic carboxylic acids is 1. The van der Waals surface area contributed by atoms with Crippen molar-refractivity contribution in [3.8, 4) is 0 Å². The highest BCUT2D eigenvalue weighted by atomic mass is 16.4. The molecule has 0 aromatic rings. The number of carboxylic acid groups (broad SMARTS) is 1. The minimum atomic E-state index is -0.875. The predicted molar refractivity (Wildman–Crippen MR) is 74.0 cm³/mol. The number of amides is 2. The van der Waals surface area contributed by atoms with E-state index < -0.39 is 5.97 Å². The van der Waals surface area contributed by atoms with Crippen molar-refractivity contribution in [2.24, 2.45) is 5.92 Å². The summed E-state index contributed by atoms with van der Waals surface area (Å²) in [7, 11) is 0. The first-order chi connectivity index (χ1) is 8.86. The molecule has 2 amide bonds. The maximum Gasteiger partial charge on any atom is 0.318 e. The van der Waals surface area contributed by atoms with Crippen LogP contribution in [0.4, 0.5) is 4.79 Å². The zero-order chi connectivity index (χ0) is 14.6. The molecule has 0 bridgehead atoms. The summed E-state index contributed by atoms with van der Waals surface area (Å²) in [6.45, 7) is 7.99. The molecule has 1 rings (SSSR count). The topological polar surface area (TPSA) is 69.6 Å². The summed E-state index contributed by atoms with van der Waals surface area (Å²) in [5.74, 6) is -0.765. The molecule has 2 N–H and O–H groups in total. The van der Waals surface area contributed by atoms with E-state index in [0.717, 1.165) is 19.3 Å². The highest BCUT2D eigenvalue weighted by molar-refractivity contribution is 5.77. The molecule has 19 heavy (non-hydrogen) atoms. The number of likely N-dealkylation sites (tertiary alicyclic amines) is 1. The molecule has 1 aliphatic heterocycles. The lowest BCUT2D eigenvalue weighted by atomic mass is 10.0. The molecule has 5 nitrogen and oxygen atoms in total. The third-order valence-electron chi connectivity index (χ3n) is 4.00. The smallest absolute Gasteiger partial charge is 0.318 e. The van der Waals surface area contributed by atoms with Gasteiger partial charge in [-0.05, 0) is 32.1 Å². The van der Waals surface area contributed by atoms with Gasteiger partial charge in [0.25, 0.3) is 0 Å². The third-order valence-corrected chi connectivity index (χ3v) is 4.00. The zero-order valence-corrected chi connectivity index (χ0v) is 12.3. The Morgan fingerprint density at radius 1 is 1.37 bits per heavy atom. The van der Waals surface area contributed by atoms with Gasteiger partial charge in [0, 0.05) is 18.1 Å². The van der Waals surface area contributed by atoms with Crippen LogP contribution in [0.5, 0.6) is 0 Å². The van der Waals surface area contributed by atoms with Crippen LogP contribution < -0.4 is 5.32 Å². The lowest BCUT2D eigenvalue weighted by molar-refractivity contribution is -0.137. The van der Waals surface area contributed by atoms with Crippen molar-refractivity contribution in [1.29, 1.82) is 0 Å². The Morgan fingerprint density at radius 2 is 2.00 bits per heavy atom. The summed E-state index contributed by atoms with van der Waals surface area (Å²) >= 11 is 0. The van der Waals surface area contributed by atoms with Crippen LogP contribution in [0.3, 0.4) is 0 Å². The van der Waals surface area contributed by atoms with E-state index >= 15 is 0 Å². The van der Waals surface area contributed by atoms with Crippen LogP contribution in [0.1, 0.15) is 53.4 Å². The van der Waals surface area contributed by atoms with Crippen LogP contribution in [0.15, 0.2) is 0 Å². The van der Waals surface area contributed by atoms with E-state index in [2.05, 4.69) is 19.2 Å². The molecule has 3 unspecified atom stereocenters. The Hall–Kier alpha value is -1.26. The van der Waals surface area contributed by atoms with Crippen molar-refractivity contribution >= 4 is 12.0 Å². The predicted octanol–water partition coefficient (Wildman–Crippen LogP) is 2.46. The summed E-state index contributed by atoms with van der Waals surface area (Å²) in [6, 6.07) is 0.0994. The van der Waals surface area contributed by atoms with Gasteiger partial charge in [-0.25, -0.2) is 4.79 Å². The van der Waals surface area contributed by atoms with Gasteiger partial charge in [-0.3, -0.25) is 4.79 Å². The first-order valence-electron chi connectivity index (χ1n) is 7.17. The number of carboxylic acids is 1. The minimum absolute atomic E-state index is 0.0254. The fourth-order valence-electron chi connectivity index (χ4n) is 2.71. The molecule has 0 aromatic heterocycles. The molecule has 0 saturated carbocycles. The van der Waals surface area contributed by atoms with Gasteiger partial charge in [0.1, 0.15) is 0 Å². The van der Waals surface area contributed by atoms with Crippen molar-refractivity contribution in [3.05, 3.63) is 0 Å². The largest absolute Gasteiger partial charge is 0.481 e. The first kappa shape index (κ1) is 15.8. The van der Waals surface area contributed by atoms with Gasteiger partial charge >= 0.3 is 12.0 Å². The van der Waals surface area contributed by atoms with Gasteiger partial charge in [-0.1, -0.05) is 20.8 Å². The van der Waals surface area contributed by atoms with Gasteiger partial charge in [-0.2, -0.15) is 0 Å². The molecule has 3 atom stereocenters. The average Bonchev–Trinajstić information content (AvgIpc) is 2.68. The summed E-state index contributed by atoms with van der Waals surface area (Å²) in [4.78, 5) is 25.1. The fraction of sp³-hybridized carbons (Fsp3) is 0.857. The second-order valence-corrected chi connectivity index (χ2v) is 5.79. The third kappa shape index (κ3) is 4.11. The molecule has 0 spiro atoms. The summed E-state index contributed by atoms with van der Waals surface area (Å²) in [6.07, 6.45) is 2.99. The molecule has 0 aromatic carbocycles. The van der Waals surface area contributed by atoms with Crippen LogP contribution >= 0.6 is 0 Å². The Kier molecular flexibility index (Phi) is 5.63. The summed E-state index contributed by atoms with van der Waals surface area (Å²) in [5, 5.41) is 11.8. The number of hydrogen-bond donors (Lipinski definition) is 2. The monoisotopic (exact) mass is 270 g/mol. The number of carbonyl (C=O) groups is 2. The molecule has 1 heterocycles. The lowest BCUT2D eigenvalue weighted by Crippen LogP contribution is -2.51. The van der Waals surface area contributed by atoms with Gasteiger partial charge in [-0.15, -0.1) is 0 Å². The molecule has 110 valence electrons. The molecule has 5 heteroatoms. The zero-order valence-electron chi connectivity index (χ0n) is 12.3. The maximum absolute atomic E-state index is 12.3. The Morgan fingerprint density at radius 3 is 2.47 bits per heavy atom. The van der Waals surface area contributed by atoms with Crippen molar-refractivity contribution in [2.75, 3.05) is 0 Å². The van der Waals surface area contributed by atoms with E-state index in [4.69, 9.17) is 5.11 Å². The highest BCUT2D eigenvalue weighted by Gasteiger charge is 2.34. The van der Waals surface area contributed by atoms with Crippen molar-refractivity contribution in [3.63, 3.8) is 0 Å². The standard InChI is InChI=1S/C14H26N2O3/c1-5-11-7-6-10(4)16(11)14(19)15-12(9(2)3)8-13(17)18/h9-12H,5-8H2,1-4H3,(H,15,19)(H,17,18). The lowest BCUT2D eigenvalue weighted by Gasteiger charge is -2.31. The second-order valence-electron chi connectivity index (χ2n) is 5.79. The number of nitrogens with one attached hydrogen (secondary N) is 1. The molecule has 0 aliphatic carbocycles. The number of carbonyl (C=O) groups excluding carboxylic acids is 1. The van der Waals surface area contributed by atoms with Crippen LogP contribution in [0.2, 0.25) is 0 Å². The Bertz CT molecular complexity index is 331. The summed E-state index contributed by atoms with van der Waals surface area (Å²) in [5.41, 5.74) is 0. The Balaban J connectivity index is 2.67.